The van der Waals surface area contributed by atoms with E-state index in [2.05, 4.69) is 129 Å². The van der Waals surface area contributed by atoms with Crippen molar-refractivity contribution >= 4 is 13.7 Å². The van der Waals surface area contributed by atoms with Crippen molar-refractivity contribution in [2.45, 2.75) is 283 Å². The lowest BCUT2D eigenvalue weighted by molar-refractivity contribution is -0.870. The number of phosphoric acid groups is 1. The molecule has 80 heavy (non-hydrogen) atoms. The van der Waals surface area contributed by atoms with Crippen molar-refractivity contribution in [3.05, 3.63) is 122 Å². The molecule has 0 saturated carbocycles. The minimum absolute atomic E-state index is 0.0184. The second-order valence-electron chi connectivity index (χ2n) is 23.1. The Morgan fingerprint density at radius 3 is 1.16 bits per heavy atom. The van der Waals surface area contributed by atoms with Gasteiger partial charge >= 0.3 is 0 Å². The Morgan fingerprint density at radius 1 is 0.450 bits per heavy atom. The highest BCUT2D eigenvalue weighted by Gasteiger charge is 2.23. The van der Waals surface area contributed by atoms with E-state index in [0.29, 0.717) is 23.9 Å². The monoisotopic (exact) mass is 1130 g/mol. The number of phosphoric ester groups is 1. The minimum atomic E-state index is -4.63. The van der Waals surface area contributed by atoms with Gasteiger partial charge in [0.15, 0.2) is 0 Å². The molecule has 0 saturated heterocycles. The zero-order valence-electron chi connectivity index (χ0n) is 52.5. The lowest BCUT2D eigenvalue weighted by atomic mass is 10.0. The molecular formula is C71H125N2O6P. The van der Waals surface area contributed by atoms with Gasteiger partial charge in [0.25, 0.3) is 7.82 Å². The number of carbonyl (C=O) groups is 1. The molecule has 2 N–H and O–H groups in total. The molecule has 3 atom stereocenters. The number of likely N-dealkylation sites (N-methyl/N-ethyl adjacent to an activating group) is 1. The van der Waals surface area contributed by atoms with Gasteiger partial charge < -0.3 is 28.8 Å². The van der Waals surface area contributed by atoms with E-state index in [1.54, 1.807) is 6.08 Å². The number of rotatable bonds is 59. The van der Waals surface area contributed by atoms with Crippen molar-refractivity contribution in [1.82, 2.24) is 5.32 Å². The first kappa shape index (κ1) is 76.9. The van der Waals surface area contributed by atoms with Gasteiger partial charge in [0.1, 0.15) is 13.2 Å². The van der Waals surface area contributed by atoms with Crippen LogP contribution in [0.15, 0.2) is 122 Å². The Morgan fingerprint density at radius 2 is 0.775 bits per heavy atom. The summed E-state index contributed by atoms with van der Waals surface area (Å²) >= 11 is 0. The Bertz CT molecular complexity index is 1720. The maximum atomic E-state index is 13.0. The molecule has 8 nitrogen and oxygen atoms in total. The molecule has 3 unspecified atom stereocenters. The van der Waals surface area contributed by atoms with Gasteiger partial charge in [-0.25, -0.2) is 0 Å². The van der Waals surface area contributed by atoms with E-state index in [0.717, 1.165) is 96.3 Å². The van der Waals surface area contributed by atoms with Gasteiger partial charge in [0, 0.05) is 6.42 Å². The maximum absolute atomic E-state index is 13.0. The number of carbonyl (C=O) groups excluding carboxylic acids is 1. The summed E-state index contributed by atoms with van der Waals surface area (Å²) in [5.41, 5.74) is 0. The van der Waals surface area contributed by atoms with Gasteiger partial charge in [-0.05, 0) is 96.3 Å². The van der Waals surface area contributed by atoms with Crippen LogP contribution in [-0.4, -0.2) is 68.5 Å². The Hall–Kier alpha value is -3.10. The molecule has 0 heterocycles. The Balaban J connectivity index is 4.27. The van der Waals surface area contributed by atoms with Crippen LogP contribution < -0.4 is 10.2 Å². The van der Waals surface area contributed by atoms with Crippen LogP contribution >= 0.6 is 7.82 Å². The molecular weight excluding hydrogens is 1010 g/mol. The van der Waals surface area contributed by atoms with E-state index in [9.17, 15) is 19.4 Å². The first-order valence-corrected chi connectivity index (χ1v) is 34.4. The molecule has 0 aromatic rings. The summed E-state index contributed by atoms with van der Waals surface area (Å²) < 4.78 is 23.4. The fourth-order valence-electron chi connectivity index (χ4n) is 9.07. The van der Waals surface area contributed by atoms with Crippen molar-refractivity contribution < 1.29 is 32.9 Å². The molecule has 0 radical (unpaired) electrons. The van der Waals surface area contributed by atoms with Crippen LogP contribution in [0, 0.1) is 0 Å². The van der Waals surface area contributed by atoms with Crippen LogP contribution in [0.5, 0.6) is 0 Å². The van der Waals surface area contributed by atoms with Gasteiger partial charge in [0.2, 0.25) is 5.91 Å². The highest BCUT2D eigenvalue weighted by atomic mass is 31.2. The van der Waals surface area contributed by atoms with E-state index in [-0.39, 0.29) is 12.5 Å². The fraction of sp³-hybridized carbons (Fsp3) is 0.704. The molecule has 1 amide bonds. The lowest BCUT2D eigenvalue weighted by Gasteiger charge is -2.29. The molecule has 0 aromatic heterocycles. The highest BCUT2D eigenvalue weighted by Crippen LogP contribution is 2.38. The number of amides is 1. The van der Waals surface area contributed by atoms with E-state index < -0.39 is 26.6 Å². The number of aliphatic hydroxyl groups excluding tert-OH is 1. The normalized spacial score (nSPS) is 14.5. The van der Waals surface area contributed by atoms with Crippen LogP contribution in [0.1, 0.15) is 271 Å². The molecule has 0 aliphatic rings. The van der Waals surface area contributed by atoms with Crippen molar-refractivity contribution in [2.24, 2.45) is 0 Å². The van der Waals surface area contributed by atoms with Crippen molar-refractivity contribution in [1.29, 1.82) is 0 Å². The van der Waals surface area contributed by atoms with Crippen LogP contribution in [0.4, 0.5) is 0 Å². The Kier molecular flexibility index (Phi) is 58.1. The van der Waals surface area contributed by atoms with E-state index in [1.807, 2.05) is 27.2 Å². The van der Waals surface area contributed by atoms with Crippen LogP contribution in [0.3, 0.4) is 0 Å². The summed E-state index contributed by atoms with van der Waals surface area (Å²) in [4.78, 5) is 25.6. The summed E-state index contributed by atoms with van der Waals surface area (Å²) in [6.07, 6.45) is 90.2. The molecule has 0 aromatic carbocycles. The summed E-state index contributed by atoms with van der Waals surface area (Å²) in [7, 11) is 1.21. The zero-order valence-corrected chi connectivity index (χ0v) is 53.4. The first-order valence-electron chi connectivity index (χ1n) is 32.9. The molecule has 0 bridgehead atoms. The lowest BCUT2D eigenvalue weighted by Crippen LogP contribution is -2.45. The standard InChI is InChI=1S/C71H125N2O6P/c1-6-8-10-12-14-16-18-20-22-24-26-28-30-32-34-36-38-40-42-44-46-48-50-52-54-56-58-60-62-64-70(74)69(68-79-80(76,77)78-67-66-73(3,4)5)72-71(75)65-63-61-59-57-55-53-51-49-47-45-43-41-39-37-35-33-31-29-27-25-23-21-19-17-15-13-11-9-7-2/h9,11,15,17,21,23,27,29,33,35,39,41,45,47,51,53-54,56,62,64,69-70,74H,6-8,10,12-14,16,18-20,22,24-26,28,30-32,34,36-38,40,42-44,46,48-50,52,55,57-61,63,65-68H2,1-5H3,(H-,72,75,76,77)/b11-9-,17-15-,23-21-,29-27-,35-33-,41-39-,47-45-,53-51-,56-54+,64-62+. The van der Waals surface area contributed by atoms with Crippen LogP contribution in [0.2, 0.25) is 0 Å². The van der Waals surface area contributed by atoms with Gasteiger partial charge in [-0.3, -0.25) is 9.36 Å². The smallest absolute Gasteiger partial charge is 0.268 e. The second-order valence-corrected chi connectivity index (χ2v) is 24.5. The van der Waals surface area contributed by atoms with Gasteiger partial charge in [0.05, 0.1) is 39.9 Å². The van der Waals surface area contributed by atoms with E-state index in [1.165, 1.54) is 148 Å². The van der Waals surface area contributed by atoms with Gasteiger partial charge in [-0.2, -0.15) is 0 Å². The molecule has 460 valence electrons. The van der Waals surface area contributed by atoms with Crippen molar-refractivity contribution in [3.8, 4) is 0 Å². The number of allylic oxidation sites excluding steroid dienone is 19. The number of hydrogen-bond acceptors (Lipinski definition) is 6. The first-order chi connectivity index (χ1) is 39.0. The van der Waals surface area contributed by atoms with Crippen LogP contribution in [-0.2, 0) is 18.4 Å². The topological polar surface area (TPSA) is 108 Å². The minimum Gasteiger partial charge on any atom is -0.756 e. The number of aliphatic hydroxyl groups is 1. The van der Waals surface area contributed by atoms with Crippen LogP contribution in [0.25, 0.3) is 0 Å². The third-order valence-electron chi connectivity index (χ3n) is 14.2. The number of unbranched alkanes of at least 4 members (excludes halogenated alkanes) is 28. The molecule has 0 spiro atoms. The molecule has 9 heteroatoms. The molecule has 0 aliphatic carbocycles. The second kappa shape index (κ2) is 60.5. The predicted molar refractivity (Wildman–Crippen MR) is 348 cm³/mol. The number of nitrogens with one attached hydrogen (secondary N) is 1. The third kappa shape index (κ3) is 62.5. The summed E-state index contributed by atoms with van der Waals surface area (Å²) in [6.45, 7) is 4.50. The summed E-state index contributed by atoms with van der Waals surface area (Å²) in [6, 6.07) is -0.929. The average Bonchev–Trinajstić information content (AvgIpc) is 3.42. The summed E-state index contributed by atoms with van der Waals surface area (Å²) in [5, 5.41) is 13.9. The Labute approximate surface area is 494 Å². The summed E-state index contributed by atoms with van der Waals surface area (Å²) in [5.74, 6) is -0.234. The van der Waals surface area contributed by atoms with Crippen molar-refractivity contribution in [3.63, 3.8) is 0 Å². The fourth-order valence-corrected chi connectivity index (χ4v) is 9.79. The number of quaternary nitrogens is 1. The van der Waals surface area contributed by atoms with Crippen molar-refractivity contribution in [2.75, 3.05) is 40.9 Å². The highest BCUT2D eigenvalue weighted by molar-refractivity contribution is 7.45. The average molecular weight is 1130 g/mol. The largest absolute Gasteiger partial charge is 0.756 e. The molecule has 0 fully saturated rings. The SMILES string of the molecule is CC/C=C\C/C=C\C/C=C\C/C=C\C/C=C\C/C=C\C/C=C\C/C=C\CCCCCCC(=O)NC(COP(=O)([O-])OCC[N+](C)(C)C)C(O)/C=C/CC/C=C/CCCCCCCCCCCCCCCCCCCCCCCCC. The van der Waals surface area contributed by atoms with E-state index >= 15 is 0 Å². The maximum Gasteiger partial charge on any atom is 0.268 e. The van der Waals surface area contributed by atoms with E-state index in [4.69, 9.17) is 9.05 Å². The zero-order chi connectivity index (χ0) is 58.4. The predicted octanol–water partition coefficient (Wildman–Crippen LogP) is 20.2. The quantitative estimate of drug-likeness (QED) is 0.0272. The molecule has 0 rings (SSSR count). The van der Waals surface area contributed by atoms with Gasteiger partial charge in [-0.1, -0.05) is 289 Å². The molecule has 0 aliphatic heterocycles. The third-order valence-corrected chi connectivity index (χ3v) is 15.1. The number of nitrogens with zero attached hydrogens (tertiary/aromatic N) is 1. The van der Waals surface area contributed by atoms with Gasteiger partial charge in [-0.15, -0.1) is 0 Å². The number of hydrogen-bond donors (Lipinski definition) is 2.